The Hall–Kier alpha value is -3.01. The lowest BCUT2D eigenvalue weighted by molar-refractivity contribution is -0.137. The van der Waals surface area contributed by atoms with Gasteiger partial charge in [-0.25, -0.2) is 4.99 Å². The minimum absolute atomic E-state index is 0.0952. The van der Waals surface area contributed by atoms with Crippen LogP contribution in [0.3, 0.4) is 0 Å². The summed E-state index contributed by atoms with van der Waals surface area (Å²) in [6.45, 7) is 5.06. The summed E-state index contributed by atoms with van der Waals surface area (Å²) in [7, 11) is 0. The number of hydrogen-bond donors (Lipinski definition) is 3. The molecule has 0 radical (unpaired) electrons. The smallest absolute Gasteiger partial charge is 0.416 e. The van der Waals surface area contributed by atoms with E-state index in [1.54, 1.807) is 6.07 Å². The number of benzene rings is 1. The number of nitrogens with zero attached hydrogens (tertiary/aromatic N) is 2. The molecule has 3 rings (SSSR count). The molecule has 1 fully saturated rings. The molecular formula is C21H26F3N5O2. The maximum absolute atomic E-state index is 12.7. The van der Waals surface area contributed by atoms with E-state index in [4.69, 9.17) is 10.2 Å². The molecule has 1 unspecified atom stereocenters. The Balaban J connectivity index is 1.53. The number of halogens is 3. The van der Waals surface area contributed by atoms with Gasteiger partial charge in [0.05, 0.1) is 5.56 Å². The van der Waals surface area contributed by atoms with Crippen LogP contribution in [0.25, 0.3) is 0 Å². The van der Waals surface area contributed by atoms with Gasteiger partial charge in [-0.05, 0) is 43.2 Å². The average molecular weight is 437 g/mol. The van der Waals surface area contributed by atoms with Crippen molar-refractivity contribution >= 4 is 11.9 Å². The van der Waals surface area contributed by atoms with Crippen molar-refractivity contribution < 1.29 is 22.4 Å². The molecule has 1 amide bonds. The molecule has 1 aliphatic rings. The fourth-order valence-corrected chi connectivity index (χ4v) is 3.42. The third kappa shape index (κ3) is 6.48. The third-order valence-corrected chi connectivity index (χ3v) is 4.94. The van der Waals surface area contributed by atoms with Gasteiger partial charge in [-0.3, -0.25) is 9.69 Å². The quantitative estimate of drug-likeness (QED) is 0.457. The number of nitrogens with two attached hydrogens (primary N) is 1. The predicted molar refractivity (Wildman–Crippen MR) is 110 cm³/mol. The van der Waals surface area contributed by atoms with Gasteiger partial charge < -0.3 is 20.8 Å². The second-order valence-corrected chi connectivity index (χ2v) is 7.39. The third-order valence-electron chi connectivity index (χ3n) is 4.94. The van der Waals surface area contributed by atoms with E-state index in [1.807, 2.05) is 6.92 Å². The molecule has 10 heteroatoms. The molecule has 1 atom stereocenters. The Morgan fingerprint density at radius 3 is 2.61 bits per heavy atom. The van der Waals surface area contributed by atoms with E-state index in [0.29, 0.717) is 24.8 Å². The summed E-state index contributed by atoms with van der Waals surface area (Å²) in [5.74, 6) is 0.625. The van der Waals surface area contributed by atoms with Crippen molar-refractivity contribution in [3.05, 3.63) is 59.0 Å². The highest BCUT2D eigenvalue weighted by atomic mass is 19.4. The molecule has 1 saturated heterocycles. The number of aliphatic imine (C=N–C) groups is 1. The number of nitrogens with one attached hydrogen (secondary N) is 2. The van der Waals surface area contributed by atoms with Crippen molar-refractivity contribution in [2.75, 3.05) is 19.6 Å². The predicted octanol–water partition coefficient (Wildman–Crippen LogP) is 2.73. The van der Waals surface area contributed by atoms with Crippen LogP contribution in [0, 0.1) is 0 Å². The zero-order valence-corrected chi connectivity index (χ0v) is 17.2. The monoisotopic (exact) mass is 437 g/mol. The minimum Gasteiger partial charge on any atom is -0.454 e. The Bertz CT molecular complexity index is 908. The van der Waals surface area contributed by atoms with E-state index < -0.39 is 17.6 Å². The number of likely N-dealkylation sites (tertiary alicyclic amines) is 1. The second-order valence-electron chi connectivity index (χ2n) is 7.39. The molecule has 31 heavy (non-hydrogen) atoms. The molecule has 1 aromatic heterocycles. The van der Waals surface area contributed by atoms with Crippen LogP contribution in [-0.2, 0) is 19.3 Å². The van der Waals surface area contributed by atoms with Crippen molar-refractivity contribution in [1.82, 2.24) is 15.5 Å². The molecule has 0 aliphatic carbocycles. The highest BCUT2D eigenvalue weighted by Gasteiger charge is 2.30. The summed E-state index contributed by atoms with van der Waals surface area (Å²) in [5, 5.41) is 6.55. The summed E-state index contributed by atoms with van der Waals surface area (Å²) in [5.41, 5.74) is 5.40. The van der Waals surface area contributed by atoms with Crippen LogP contribution in [0.2, 0.25) is 0 Å². The zero-order valence-electron chi connectivity index (χ0n) is 17.2. The number of carbonyl (C=O) groups excluding carboxylic acids is 1. The number of primary amides is 1. The Labute approximate surface area is 178 Å². The molecule has 1 aromatic carbocycles. The zero-order chi connectivity index (χ0) is 22.4. The lowest BCUT2D eigenvalue weighted by Gasteiger charge is -2.19. The first kappa shape index (κ1) is 22.7. The number of furan rings is 1. The summed E-state index contributed by atoms with van der Waals surface area (Å²) >= 11 is 0. The molecule has 7 nitrogen and oxygen atoms in total. The number of carbonyl (C=O) groups is 1. The Kier molecular flexibility index (Phi) is 7.21. The van der Waals surface area contributed by atoms with Crippen molar-refractivity contribution in [2.24, 2.45) is 10.7 Å². The SMILES string of the molecule is CCNC(=NCc1ccc(C(N)=O)o1)NC1CCN(Cc2ccc(C(F)(F)F)cc2)C1. The molecule has 4 N–H and O–H groups in total. The lowest BCUT2D eigenvalue weighted by atomic mass is 10.1. The number of guanidine groups is 1. The number of alkyl halides is 3. The number of rotatable bonds is 7. The summed E-state index contributed by atoms with van der Waals surface area (Å²) < 4.78 is 43.5. The van der Waals surface area contributed by atoms with Crippen LogP contribution in [-0.4, -0.2) is 42.4 Å². The van der Waals surface area contributed by atoms with Crippen LogP contribution in [0.4, 0.5) is 13.2 Å². The van der Waals surface area contributed by atoms with Crippen LogP contribution >= 0.6 is 0 Å². The highest BCUT2D eigenvalue weighted by molar-refractivity contribution is 5.89. The summed E-state index contributed by atoms with van der Waals surface area (Å²) in [6, 6.07) is 8.63. The van der Waals surface area contributed by atoms with E-state index in [0.717, 1.165) is 37.2 Å². The largest absolute Gasteiger partial charge is 0.454 e. The van der Waals surface area contributed by atoms with Crippen molar-refractivity contribution in [3.63, 3.8) is 0 Å². The highest BCUT2D eigenvalue weighted by Crippen LogP contribution is 2.29. The molecule has 168 valence electrons. The maximum atomic E-state index is 12.7. The van der Waals surface area contributed by atoms with E-state index in [2.05, 4.69) is 20.5 Å². The molecule has 1 aliphatic heterocycles. The van der Waals surface area contributed by atoms with Gasteiger partial charge in [0.1, 0.15) is 12.3 Å². The van der Waals surface area contributed by atoms with Crippen LogP contribution in [0.1, 0.15) is 40.8 Å². The van der Waals surface area contributed by atoms with Gasteiger partial charge in [-0.15, -0.1) is 0 Å². The van der Waals surface area contributed by atoms with Gasteiger partial charge in [-0.1, -0.05) is 12.1 Å². The van der Waals surface area contributed by atoms with Crippen molar-refractivity contribution in [3.8, 4) is 0 Å². The van der Waals surface area contributed by atoms with Gasteiger partial charge in [0.15, 0.2) is 11.7 Å². The minimum atomic E-state index is -4.32. The van der Waals surface area contributed by atoms with Gasteiger partial charge in [0, 0.05) is 32.2 Å². The van der Waals surface area contributed by atoms with Crippen molar-refractivity contribution in [1.29, 1.82) is 0 Å². The van der Waals surface area contributed by atoms with Crippen LogP contribution in [0.5, 0.6) is 0 Å². The number of hydrogen-bond acceptors (Lipinski definition) is 4. The molecule has 2 aromatic rings. The standard InChI is InChI=1S/C21H26F3N5O2/c1-2-26-20(27-11-17-7-8-18(31-17)19(25)30)28-16-9-10-29(13-16)12-14-3-5-15(6-4-14)21(22,23)24/h3-8,16H,2,9-13H2,1H3,(H2,25,30)(H2,26,27,28). The summed E-state index contributed by atoms with van der Waals surface area (Å²) in [6.07, 6.45) is -3.43. The second kappa shape index (κ2) is 9.86. The van der Waals surface area contributed by atoms with E-state index in [9.17, 15) is 18.0 Å². The molecule has 0 spiro atoms. The Morgan fingerprint density at radius 2 is 2.00 bits per heavy atom. The van der Waals surface area contributed by atoms with Gasteiger partial charge in [-0.2, -0.15) is 13.2 Å². The van der Waals surface area contributed by atoms with E-state index in [1.165, 1.54) is 18.2 Å². The normalized spacial score (nSPS) is 17.7. The molecule has 0 bridgehead atoms. The van der Waals surface area contributed by atoms with Crippen LogP contribution < -0.4 is 16.4 Å². The fraction of sp³-hybridized carbons (Fsp3) is 0.429. The lowest BCUT2D eigenvalue weighted by Crippen LogP contribution is -2.44. The van der Waals surface area contributed by atoms with Crippen molar-refractivity contribution in [2.45, 2.75) is 38.7 Å². The molecule has 0 saturated carbocycles. The first-order valence-corrected chi connectivity index (χ1v) is 10.1. The Morgan fingerprint density at radius 1 is 1.26 bits per heavy atom. The van der Waals surface area contributed by atoms with Crippen LogP contribution in [0.15, 0.2) is 45.8 Å². The topological polar surface area (TPSA) is 95.9 Å². The van der Waals surface area contributed by atoms with Gasteiger partial charge in [0.2, 0.25) is 0 Å². The van der Waals surface area contributed by atoms with Gasteiger partial charge in [0.25, 0.3) is 5.91 Å². The van der Waals surface area contributed by atoms with Gasteiger partial charge >= 0.3 is 6.18 Å². The summed E-state index contributed by atoms with van der Waals surface area (Å²) in [4.78, 5) is 17.8. The first-order valence-electron chi connectivity index (χ1n) is 10.1. The van der Waals surface area contributed by atoms with E-state index >= 15 is 0 Å². The average Bonchev–Trinajstić information content (AvgIpc) is 3.36. The first-order chi connectivity index (χ1) is 14.7. The molecule has 2 heterocycles. The van der Waals surface area contributed by atoms with E-state index in [-0.39, 0.29) is 18.3 Å². The molecular weight excluding hydrogens is 411 g/mol. The fourth-order valence-electron chi connectivity index (χ4n) is 3.42. The maximum Gasteiger partial charge on any atom is 0.416 e. The number of amides is 1.